The molecule has 0 radical (unpaired) electrons. The number of aromatic nitrogens is 3. The zero-order valence-electron chi connectivity index (χ0n) is 10.3. The van der Waals surface area contributed by atoms with E-state index in [9.17, 15) is 5.11 Å². The number of phenolic OH excluding ortho intramolecular Hbond substituents is 1. The standard InChI is InChI=1S/C13H13N5O/c1-15-11-5-4-9-13(17-11)18-12(16-9)8-3-2-7(14)6-10(8)19/h2-6,19H,14H2,1H3,(H2,15,16,17,18). The third-order valence-electron chi connectivity index (χ3n) is 2.88. The minimum absolute atomic E-state index is 0.0906. The highest BCUT2D eigenvalue weighted by atomic mass is 16.3. The van der Waals surface area contributed by atoms with Crippen LogP contribution in [0.3, 0.4) is 0 Å². The summed E-state index contributed by atoms with van der Waals surface area (Å²) >= 11 is 0. The molecule has 96 valence electrons. The molecular weight excluding hydrogens is 242 g/mol. The second kappa shape index (κ2) is 4.16. The van der Waals surface area contributed by atoms with Gasteiger partial charge in [-0.15, -0.1) is 0 Å². The fraction of sp³-hybridized carbons (Fsp3) is 0.0769. The summed E-state index contributed by atoms with van der Waals surface area (Å²) in [6.07, 6.45) is 0. The molecule has 19 heavy (non-hydrogen) atoms. The van der Waals surface area contributed by atoms with Gasteiger partial charge in [-0.1, -0.05) is 0 Å². The highest BCUT2D eigenvalue weighted by molar-refractivity contribution is 5.79. The van der Waals surface area contributed by atoms with Gasteiger partial charge in [-0.3, -0.25) is 0 Å². The second-order valence-corrected chi connectivity index (χ2v) is 4.18. The van der Waals surface area contributed by atoms with Gasteiger partial charge in [0.15, 0.2) is 5.65 Å². The molecule has 2 aromatic heterocycles. The summed E-state index contributed by atoms with van der Waals surface area (Å²) in [5.74, 6) is 1.40. The van der Waals surface area contributed by atoms with E-state index in [1.165, 1.54) is 6.07 Å². The number of nitrogens with zero attached hydrogens (tertiary/aromatic N) is 2. The first-order chi connectivity index (χ1) is 9.17. The van der Waals surface area contributed by atoms with Gasteiger partial charge >= 0.3 is 0 Å². The summed E-state index contributed by atoms with van der Waals surface area (Å²) in [4.78, 5) is 11.8. The number of nitrogen functional groups attached to an aromatic ring is 1. The van der Waals surface area contributed by atoms with Gasteiger partial charge in [-0.2, -0.15) is 0 Å². The minimum Gasteiger partial charge on any atom is -0.507 e. The van der Waals surface area contributed by atoms with Crippen molar-refractivity contribution < 1.29 is 5.11 Å². The molecule has 0 bridgehead atoms. The predicted molar refractivity (Wildman–Crippen MR) is 74.9 cm³/mol. The zero-order valence-corrected chi connectivity index (χ0v) is 10.3. The van der Waals surface area contributed by atoms with Crippen LogP contribution in [0, 0.1) is 0 Å². The van der Waals surface area contributed by atoms with Crippen molar-refractivity contribution in [3.63, 3.8) is 0 Å². The van der Waals surface area contributed by atoms with E-state index < -0.39 is 0 Å². The SMILES string of the molecule is CNc1ccc2[nH]c(-c3ccc(N)cc3O)nc2n1. The maximum absolute atomic E-state index is 9.90. The molecule has 6 nitrogen and oxygen atoms in total. The molecule has 0 aliphatic rings. The van der Waals surface area contributed by atoms with Crippen LogP contribution in [0.5, 0.6) is 5.75 Å². The largest absolute Gasteiger partial charge is 0.507 e. The molecule has 3 rings (SSSR count). The summed E-state index contributed by atoms with van der Waals surface area (Å²) in [5.41, 5.74) is 8.12. The highest BCUT2D eigenvalue weighted by Gasteiger charge is 2.10. The summed E-state index contributed by atoms with van der Waals surface area (Å²) in [7, 11) is 1.80. The van der Waals surface area contributed by atoms with Gasteiger partial charge < -0.3 is 21.1 Å². The Labute approximate surface area is 109 Å². The Bertz CT molecular complexity index is 750. The van der Waals surface area contributed by atoms with Crippen LogP contribution >= 0.6 is 0 Å². The van der Waals surface area contributed by atoms with Gasteiger partial charge in [0.05, 0.1) is 11.1 Å². The number of phenols is 1. The molecule has 0 fully saturated rings. The average molecular weight is 255 g/mol. The van der Waals surface area contributed by atoms with Crippen molar-refractivity contribution in [1.82, 2.24) is 15.0 Å². The van der Waals surface area contributed by atoms with Crippen molar-refractivity contribution in [3.05, 3.63) is 30.3 Å². The van der Waals surface area contributed by atoms with Crippen LogP contribution < -0.4 is 11.1 Å². The van der Waals surface area contributed by atoms with Gasteiger partial charge in [0, 0.05) is 18.8 Å². The summed E-state index contributed by atoms with van der Waals surface area (Å²) in [5, 5.41) is 12.9. The number of aromatic hydroxyl groups is 1. The van der Waals surface area contributed by atoms with E-state index in [2.05, 4.69) is 20.3 Å². The molecule has 0 saturated heterocycles. The monoisotopic (exact) mass is 255 g/mol. The summed E-state index contributed by atoms with van der Waals surface area (Å²) < 4.78 is 0. The van der Waals surface area contributed by atoms with Crippen molar-refractivity contribution in [2.24, 2.45) is 0 Å². The molecule has 0 amide bonds. The number of benzene rings is 1. The Morgan fingerprint density at radius 2 is 2.05 bits per heavy atom. The zero-order chi connectivity index (χ0) is 13.4. The molecule has 6 heteroatoms. The number of imidazole rings is 1. The average Bonchev–Trinajstić information content (AvgIpc) is 2.80. The molecule has 0 spiro atoms. The Kier molecular flexibility index (Phi) is 2.49. The first kappa shape index (κ1) is 11.3. The number of H-pyrrole nitrogens is 1. The van der Waals surface area contributed by atoms with Crippen molar-refractivity contribution >= 4 is 22.7 Å². The van der Waals surface area contributed by atoms with E-state index in [0.29, 0.717) is 22.7 Å². The van der Waals surface area contributed by atoms with Crippen molar-refractivity contribution in [1.29, 1.82) is 0 Å². The molecular formula is C13H13N5O. The molecule has 0 aliphatic carbocycles. The number of hydrogen-bond acceptors (Lipinski definition) is 5. The molecule has 5 N–H and O–H groups in total. The van der Waals surface area contributed by atoms with Crippen molar-refractivity contribution in [3.8, 4) is 17.1 Å². The number of rotatable bonds is 2. The lowest BCUT2D eigenvalue weighted by Gasteiger charge is -2.01. The molecule has 0 unspecified atom stereocenters. The Morgan fingerprint density at radius 1 is 1.21 bits per heavy atom. The first-order valence-electron chi connectivity index (χ1n) is 5.81. The van der Waals surface area contributed by atoms with Crippen molar-refractivity contribution in [2.45, 2.75) is 0 Å². The third kappa shape index (κ3) is 1.93. The van der Waals surface area contributed by atoms with E-state index in [1.54, 1.807) is 19.2 Å². The molecule has 1 aromatic carbocycles. The topological polar surface area (TPSA) is 99.9 Å². The van der Waals surface area contributed by atoms with Gasteiger partial charge in [-0.25, -0.2) is 9.97 Å². The summed E-state index contributed by atoms with van der Waals surface area (Å²) in [6, 6.07) is 8.68. The van der Waals surface area contributed by atoms with E-state index >= 15 is 0 Å². The number of nitrogens with one attached hydrogen (secondary N) is 2. The van der Waals surface area contributed by atoms with E-state index in [0.717, 1.165) is 11.3 Å². The number of nitrogens with two attached hydrogens (primary N) is 1. The quantitative estimate of drug-likeness (QED) is 0.524. The lowest BCUT2D eigenvalue weighted by Crippen LogP contribution is -1.91. The molecule has 0 atom stereocenters. The van der Waals surface area contributed by atoms with Crippen LogP contribution in [-0.4, -0.2) is 27.1 Å². The van der Waals surface area contributed by atoms with Crippen LogP contribution in [0.2, 0.25) is 0 Å². The van der Waals surface area contributed by atoms with E-state index in [1.807, 2.05) is 12.1 Å². The number of hydrogen-bond donors (Lipinski definition) is 4. The lowest BCUT2D eigenvalue weighted by molar-refractivity contribution is 0.477. The van der Waals surface area contributed by atoms with Crippen LogP contribution in [0.4, 0.5) is 11.5 Å². The smallest absolute Gasteiger partial charge is 0.180 e. The molecule has 0 saturated carbocycles. The van der Waals surface area contributed by atoms with Gasteiger partial charge in [0.2, 0.25) is 0 Å². The van der Waals surface area contributed by atoms with E-state index in [-0.39, 0.29) is 5.75 Å². The Balaban J connectivity index is 2.14. The first-order valence-corrected chi connectivity index (χ1v) is 5.81. The van der Waals surface area contributed by atoms with Crippen molar-refractivity contribution in [2.75, 3.05) is 18.1 Å². The summed E-state index contributed by atoms with van der Waals surface area (Å²) in [6.45, 7) is 0. The van der Waals surface area contributed by atoms with E-state index in [4.69, 9.17) is 5.73 Å². The maximum Gasteiger partial charge on any atom is 0.180 e. The highest BCUT2D eigenvalue weighted by Crippen LogP contribution is 2.30. The maximum atomic E-state index is 9.90. The number of fused-ring (bicyclic) bond motifs is 1. The van der Waals surface area contributed by atoms with Gasteiger partial charge in [0.1, 0.15) is 17.4 Å². The van der Waals surface area contributed by atoms with Gasteiger partial charge in [0.25, 0.3) is 0 Å². The predicted octanol–water partition coefficient (Wildman–Crippen LogP) is 1.95. The van der Waals surface area contributed by atoms with Crippen LogP contribution in [-0.2, 0) is 0 Å². The fourth-order valence-electron chi connectivity index (χ4n) is 1.91. The number of aromatic amines is 1. The molecule has 0 aliphatic heterocycles. The Hall–Kier alpha value is -2.76. The van der Waals surface area contributed by atoms with Crippen LogP contribution in [0.25, 0.3) is 22.6 Å². The molecule has 3 aromatic rings. The molecule has 2 heterocycles. The second-order valence-electron chi connectivity index (χ2n) is 4.18. The minimum atomic E-state index is 0.0906. The Morgan fingerprint density at radius 3 is 2.79 bits per heavy atom. The van der Waals surface area contributed by atoms with Gasteiger partial charge in [-0.05, 0) is 24.3 Å². The lowest BCUT2D eigenvalue weighted by atomic mass is 10.2. The van der Waals surface area contributed by atoms with Crippen LogP contribution in [0.15, 0.2) is 30.3 Å². The normalized spacial score (nSPS) is 10.8. The fourth-order valence-corrected chi connectivity index (χ4v) is 1.91. The van der Waals surface area contributed by atoms with Crippen LogP contribution in [0.1, 0.15) is 0 Å². The third-order valence-corrected chi connectivity index (χ3v) is 2.88. The number of pyridine rings is 1. The number of anilines is 2.